The number of nitrogens with one attached hydrogen (secondary N) is 3. The number of hydrogen-bond donors (Lipinski definition) is 3. The second-order valence-electron chi connectivity index (χ2n) is 6.65. The molecule has 3 N–H and O–H groups in total. The molecule has 0 unspecified atom stereocenters. The van der Waals surface area contributed by atoms with E-state index in [2.05, 4.69) is 16.0 Å². The van der Waals surface area contributed by atoms with Crippen LogP contribution in [-0.2, 0) is 20.9 Å². The van der Waals surface area contributed by atoms with Crippen molar-refractivity contribution in [1.82, 2.24) is 5.32 Å². The van der Waals surface area contributed by atoms with Gasteiger partial charge >= 0.3 is 0 Å². The lowest BCUT2D eigenvalue weighted by atomic mass is 9.90. The zero-order valence-electron chi connectivity index (χ0n) is 15.4. The van der Waals surface area contributed by atoms with Crippen LogP contribution in [0, 0.1) is 11.2 Å². The van der Waals surface area contributed by atoms with E-state index in [0.717, 1.165) is 5.56 Å². The second kappa shape index (κ2) is 8.44. The molecule has 0 bridgehead atoms. The number of hydrogen-bond acceptors (Lipinski definition) is 3. The predicted molar refractivity (Wildman–Crippen MR) is 101 cm³/mol. The van der Waals surface area contributed by atoms with Gasteiger partial charge in [0, 0.05) is 24.8 Å². The molecule has 0 spiro atoms. The van der Waals surface area contributed by atoms with Gasteiger partial charge in [0.15, 0.2) is 0 Å². The molecule has 0 aliphatic heterocycles. The Bertz CT molecular complexity index is 848. The third-order valence-corrected chi connectivity index (χ3v) is 3.94. The smallest absolute Gasteiger partial charge is 0.239 e. The zero-order valence-corrected chi connectivity index (χ0v) is 15.4. The highest BCUT2D eigenvalue weighted by Crippen LogP contribution is 2.21. The molecule has 0 atom stereocenters. The summed E-state index contributed by atoms with van der Waals surface area (Å²) in [4.78, 5) is 36.1. The summed E-state index contributed by atoms with van der Waals surface area (Å²) in [6.45, 7) is 4.60. The summed E-state index contributed by atoms with van der Waals surface area (Å²) in [5, 5.41) is 7.99. The first-order chi connectivity index (χ1) is 12.7. The molecule has 0 saturated heterocycles. The van der Waals surface area contributed by atoms with Crippen molar-refractivity contribution in [3.63, 3.8) is 0 Å². The first-order valence-electron chi connectivity index (χ1n) is 8.40. The highest BCUT2D eigenvalue weighted by molar-refractivity contribution is 6.10. The van der Waals surface area contributed by atoms with Gasteiger partial charge in [0.05, 0.1) is 0 Å². The highest BCUT2D eigenvalue weighted by atomic mass is 19.1. The number of carbonyl (C=O) groups is 3. The van der Waals surface area contributed by atoms with Crippen LogP contribution in [0.25, 0.3) is 0 Å². The third kappa shape index (κ3) is 5.64. The number of benzene rings is 2. The predicted octanol–water partition coefficient (Wildman–Crippen LogP) is 3.07. The molecule has 27 heavy (non-hydrogen) atoms. The highest BCUT2D eigenvalue weighted by Gasteiger charge is 2.36. The molecule has 2 rings (SSSR count). The standard InChI is InChI=1S/C20H22FN3O3/c1-13(25)23-16-5-4-6-17(11-16)24-19(27)20(2,3)18(26)22-12-14-7-9-15(21)10-8-14/h4-11H,12H2,1-3H3,(H,22,26)(H,23,25)(H,24,27). The van der Waals surface area contributed by atoms with E-state index in [1.54, 1.807) is 36.4 Å². The van der Waals surface area contributed by atoms with Crippen molar-refractivity contribution in [2.24, 2.45) is 5.41 Å². The van der Waals surface area contributed by atoms with Gasteiger partial charge in [-0.05, 0) is 49.7 Å². The fraction of sp³-hybridized carbons (Fsp3) is 0.250. The van der Waals surface area contributed by atoms with Crippen molar-refractivity contribution in [3.8, 4) is 0 Å². The molecule has 0 radical (unpaired) electrons. The van der Waals surface area contributed by atoms with Gasteiger partial charge in [0.25, 0.3) is 0 Å². The summed E-state index contributed by atoms with van der Waals surface area (Å²) >= 11 is 0. The average molecular weight is 371 g/mol. The minimum atomic E-state index is -1.33. The van der Waals surface area contributed by atoms with Crippen molar-refractivity contribution in [1.29, 1.82) is 0 Å². The van der Waals surface area contributed by atoms with E-state index in [1.807, 2.05) is 0 Å². The summed E-state index contributed by atoms with van der Waals surface area (Å²) < 4.78 is 12.9. The molecule has 0 saturated carbocycles. The second-order valence-corrected chi connectivity index (χ2v) is 6.65. The first kappa shape index (κ1) is 20.1. The van der Waals surface area contributed by atoms with Gasteiger partial charge in [-0.15, -0.1) is 0 Å². The van der Waals surface area contributed by atoms with Crippen molar-refractivity contribution in [2.75, 3.05) is 10.6 Å². The molecule has 0 fully saturated rings. The lowest BCUT2D eigenvalue weighted by Gasteiger charge is -2.23. The van der Waals surface area contributed by atoms with Crippen molar-refractivity contribution >= 4 is 29.1 Å². The summed E-state index contributed by atoms with van der Waals surface area (Å²) in [6.07, 6.45) is 0. The van der Waals surface area contributed by atoms with Gasteiger partial charge in [-0.3, -0.25) is 14.4 Å². The molecule has 142 valence electrons. The largest absolute Gasteiger partial charge is 0.351 e. The SMILES string of the molecule is CC(=O)Nc1cccc(NC(=O)C(C)(C)C(=O)NCc2ccc(F)cc2)c1. The molecule has 0 aliphatic rings. The van der Waals surface area contributed by atoms with E-state index in [9.17, 15) is 18.8 Å². The van der Waals surface area contributed by atoms with E-state index < -0.39 is 17.2 Å². The lowest BCUT2D eigenvalue weighted by molar-refractivity contribution is -0.138. The van der Waals surface area contributed by atoms with Crippen molar-refractivity contribution in [2.45, 2.75) is 27.3 Å². The molecule has 3 amide bonds. The van der Waals surface area contributed by atoms with Crippen LogP contribution < -0.4 is 16.0 Å². The number of halogens is 1. The molecule has 0 heterocycles. The maximum absolute atomic E-state index is 12.9. The van der Waals surface area contributed by atoms with E-state index >= 15 is 0 Å². The Kier molecular flexibility index (Phi) is 6.28. The van der Waals surface area contributed by atoms with Crippen molar-refractivity contribution in [3.05, 3.63) is 59.9 Å². The molecular weight excluding hydrogens is 349 g/mol. The maximum Gasteiger partial charge on any atom is 0.239 e. The van der Waals surface area contributed by atoms with Gasteiger partial charge in [-0.25, -0.2) is 4.39 Å². The summed E-state index contributed by atoms with van der Waals surface area (Å²) in [7, 11) is 0. The first-order valence-corrected chi connectivity index (χ1v) is 8.40. The minimum Gasteiger partial charge on any atom is -0.351 e. The van der Waals surface area contributed by atoms with Crippen LogP contribution in [0.15, 0.2) is 48.5 Å². The Balaban J connectivity index is 1.99. The molecular formula is C20H22FN3O3. The fourth-order valence-corrected chi connectivity index (χ4v) is 2.27. The van der Waals surface area contributed by atoms with E-state index in [0.29, 0.717) is 11.4 Å². The Morgan fingerprint density at radius 3 is 2.11 bits per heavy atom. The van der Waals surface area contributed by atoms with Gasteiger partial charge in [-0.1, -0.05) is 18.2 Å². The molecule has 6 nitrogen and oxygen atoms in total. The monoisotopic (exact) mass is 371 g/mol. The van der Waals surface area contributed by atoms with Gasteiger partial charge in [0.1, 0.15) is 11.2 Å². The van der Waals surface area contributed by atoms with Gasteiger partial charge < -0.3 is 16.0 Å². The zero-order chi connectivity index (χ0) is 20.0. The van der Waals surface area contributed by atoms with Crippen LogP contribution >= 0.6 is 0 Å². The number of carbonyl (C=O) groups excluding carboxylic acids is 3. The Hall–Kier alpha value is -3.22. The fourth-order valence-electron chi connectivity index (χ4n) is 2.27. The molecule has 2 aromatic carbocycles. The molecule has 2 aromatic rings. The van der Waals surface area contributed by atoms with Gasteiger partial charge in [0.2, 0.25) is 17.7 Å². The van der Waals surface area contributed by atoms with Gasteiger partial charge in [-0.2, -0.15) is 0 Å². The summed E-state index contributed by atoms with van der Waals surface area (Å²) in [5.74, 6) is -1.52. The Morgan fingerprint density at radius 2 is 1.52 bits per heavy atom. The van der Waals surface area contributed by atoms with Crippen LogP contribution in [0.1, 0.15) is 26.3 Å². The van der Waals surface area contributed by atoms with Crippen LogP contribution in [-0.4, -0.2) is 17.7 Å². The van der Waals surface area contributed by atoms with Crippen LogP contribution in [0.2, 0.25) is 0 Å². The van der Waals surface area contributed by atoms with Crippen LogP contribution in [0.4, 0.5) is 15.8 Å². The Labute approximate surface area is 157 Å². The van der Waals surface area contributed by atoms with E-state index in [-0.39, 0.29) is 18.3 Å². The average Bonchev–Trinajstić information content (AvgIpc) is 2.60. The van der Waals surface area contributed by atoms with E-state index in [4.69, 9.17) is 0 Å². The van der Waals surface area contributed by atoms with Crippen LogP contribution in [0.5, 0.6) is 0 Å². The topological polar surface area (TPSA) is 87.3 Å². The summed E-state index contributed by atoms with van der Waals surface area (Å²) in [5.41, 5.74) is 0.401. The quantitative estimate of drug-likeness (QED) is 0.682. The lowest BCUT2D eigenvalue weighted by Crippen LogP contribution is -2.44. The van der Waals surface area contributed by atoms with E-state index in [1.165, 1.54) is 32.9 Å². The number of amides is 3. The third-order valence-electron chi connectivity index (χ3n) is 3.94. The summed E-state index contributed by atoms with van der Waals surface area (Å²) in [6, 6.07) is 12.4. The minimum absolute atomic E-state index is 0.188. The van der Waals surface area contributed by atoms with Crippen molar-refractivity contribution < 1.29 is 18.8 Å². The number of anilines is 2. The molecule has 7 heteroatoms. The Morgan fingerprint density at radius 1 is 0.926 bits per heavy atom. The molecule has 0 aromatic heterocycles. The normalized spacial score (nSPS) is 10.8. The van der Waals surface area contributed by atoms with Crippen LogP contribution in [0.3, 0.4) is 0 Å². The maximum atomic E-state index is 12.9. The molecule has 0 aliphatic carbocycles. The number of rotatable bonds is 6.